The van der Waals surface area contributed by atoms with Gasteiger partial charge in [0.15, 0.2) is 10.8 Å². The Morgan fingerprint density at radius 3 is 2.67 bits per heavy atom. The number of nitrogens with one attached hydrogen (secondary N) is 1. The lowest BCUT2D eigenvalue weighted by molar-refractivity contribution is 0.102. The van der Waals surface area contributed by atoms with Gasteiger partial charge in [-0.05, 0) is 46.3 Å². The first-order valence-electron chi connectivity index (χ1n) is 4.82. The third kappa shape index (κ3) is 3.02. The predicted molar refractivity (Wildman–Crippen MR) is 69.1 cm³/mol. The third-order valence-corrected chi connectivity index (χ3v) is 2.89. The molecule has 1 amide bonds. The number of anilines is 1. The van der Waals surface area contributed by atoms with Crippen LogP contribution >= 0.6 is 27.5 Å². The molecule has 1 heterocycles. The average molecular weight is 331 g/mol. The topological polar surface area (TPSA) is 54.9 Å². The van der Waals surface area contributed by atoms with Gasteiger partial charge in [-0.25, -0.2) is 4.39 Å². The molecule has 1 aromatic heterocycles. The number of carbonyl (C=O) groups is 1. The Morgan fingerprint density at radius 2 is 2.06 bits per heavy atom. The van der Waals surface area contributed by atoms with Crippen LogP contribution in [0.1, 0.15) is 10.5 Å². The van der Waals surface area contributed by atoms with Gasteiger partial charge in [-0.3, -0.25) is 4.79 Å². The van der Waals surface area contributed by atoms with Crippen molar-refractivity contribution in [3.05, 3.63) is 51.5 Å². The molecule has 4 nitrogen and oxygen atoms in total. The number of aromatic nitrogens is 2. The standard InChI is InChI=1S/C11H6BrClFN3O/c12-7-2-1-6(5-8(7)14)15-11(18)9-3-4-10(13)17-16-9/h1-5H,(H,15,18). The molecule has 0 fully saturated rings. The first kappa shape index (κ1) is 12.9. The molecule has 18 heavy (non-hydrogen) atoms. The van der Waals surface area contributed by atoms with E-state index in [-0.39, 0.29) is 10.8 Å². The Hall–Kier alpha value is -1.53. The van der Waals surface area contributed by atoms with E-state index in [2.05, 4.69) is 31.4 Å². The smallest absolute Gasteiger partial charge is 0.276 e. The highest BCUT2D eigenvalue weighted by atomic mass is 79.9. The second-order valence-corrected chi connectivity index (χ2v) is 4.57. The number of nitrogens with zero attached hydrogens (tertiary/aromatic N) is 2. The van der Waals surface area contributed by atoms with Crippen molar-refractivity contribution in [3.63, 3.8) is 0 Å². The van der Waals surface area contributed by atoms with E-state index in [1.54, 1.807) is 6.07 Å². The van der Waals surface area contributed by atoms with Crippen LogP contribution in [0.5, 0.6) is 0 Å². The van der Waals surface area contributed by atoms with Gasteiger partial charge in [0, 0.05) is 5.69 Å². The summed E-state index contributed by atoms with van der Waals surface area (Å²) in [6.45, 7) is 0. The van der Waals surface area contributed by atoms with Gasteiger partial charge in [-0.1, -0.05) is 11.6 Å². The zero-order valence-electron chi connectivity index (χ0n) is 8.82. The molecular formula is C11H6BrClFN3O. The van der Waals surface area contributed by atoms with E-state index >= 15 is 0 Å². The summed E-state index contributed by atoms with van der Waals surface area (Å²) in [5.41, 5.74) is 0.431. The molecule has 1 aromatic carbocycles. The van der Waals surface area contributed by atoms with Gasteiger partial charge in [0.25, 0.3) is 5.91 Å². The highest BCUT2D eigenvalue weighted by Gasteiger charge is 2.09. The van der Waals surface area contributed by atoms with Gasteiger partial charge < -0.3 is 5.32 Å². The lowest BCUT2D eigenvalue weighted by Crippen LogP contribution is -2.14. The highest BCUT2D eigenvalue weighted by Crippen LogP contribution is 2.19. The predicted octanol–water partition coefficient (Wildman–Crippen LogP) is 3.28. The molecule has 1 N–H and O–H groups in total. The highest BCUT2D eigenvalue weighted by molar-refractivity contribution is 9.10. The molecule has 92 valence electrons. The van der Waals surface area contributed by atoms with E-state index in [4.69, 9.17) is 11.6 Å². The van der Waals surface area contributed by atoms with Crippen molar-refractivity contribution in [1.82, 2.24) is 10.2 Å². The first-order chi connectivity index (χ1) is 8.56. The number of benzene rings is 1. The van der Waals surface area contributed by atoms with Gasteiger partial charge in [0.05, 0.1) is 4.47 Å². The normalized spacial score (nSPS) is 10.2. The summed E-state index contributed by atoms with van der Waals surface area (Å²) in [6, 6.07) is 7.14. The van der Waals surface area contributed by atoms with Crippen molar-refractivity contribution < 1.29 is 9.18 Å². The van der Waals surface area contributed by atoms with E-state index in [9.17, 15) is 9.18 Å². The largest absolute Gasteiger partial charge is 0.320 e. The van der Waals surface area contributed by atoms with Gasteiger partial charge in [0.1, 0.15) is 5.82 Å². The second-order valence-electron chi connectivity index (χ2n) is 3.32. The minimum atomic E-state index is -0.485. The summed E-state index contributed by atoms with van der Waals surface area (Å²) in [5, 5.41) is 9.86. The molecule has 0 unspecified atom stereocenters. The third-order valence-electron chi connectivity index (χ3n) is 2.04. The zero-order chi connectivity index (χ0) is 13.1. The van der Waals surface area contributed by atoms with Crippen molar-refractivity contribution >= 4 is 39.1 Å². The summed E-state index contributed by atoms with van der Waals surface area (Å²) in [7, 11) is 0. The number of carbonyl (C=O) groups excluding carboxylic acids is 1. The fourth-order valence-electron chi connectivity index (χ4n) is 1.21. The summed E-state index contributed by atoms with van der Waals surface area (Å²) < 4.78 is 13.6. The van der Waals surface area contributed by atoms with E-state index in [1.807, 2.05) is 0 Å². The molecule has 2 rings (SSSR count). The minimum Gasteiger partial charge on any atom is -0.320 e. The molecule has 0 spiro atoms. The molecule has 0 aliphatic heterocycles. The van der Waals surface area contributed by atoms with Gasteiger partial charge >= 0.3 is 0 Å². The Kier molecular flexibility index (Phi) is 3.88. The van der Waals surface area contributed by atoms with Crippen LogP contribution < -0.4 is 5.32 Å². The molecular weight excluding hydrogens is 324 g/mol. The quantitative estimate of drug-likeness (QED) is 0.919. The average Bonchev–Trinajstić information content (AvgIpc) is 2.34. The molecule has 0 aliphatic carbocycles. The molecule has 0 bridgehead atoms. The molecule has 0 saturated carbocycles. The Morgan fingerprint density at radius 1 is 1.28 bits per heavy atom. The van der Waals surface area contributed by atoms with Crippen LogP contribution in [0, 0.1) is 5.82 Å². The fourth-order valence-corrected chi connectivity index (χ4v) is 1.55. The maximum atomic E-state index is 13.2. The van der Waals surface area contributed by atoms with Crippen molar-refractivity contribution in [1.29, 1.82) is 0 Å². The van der Waals surface area contributed by atoms with Crippen molar-refractivity contribution in [2.45, 2.75) is 0 Å². The minimum absolute atomic E-state index is 0.0997. The van der Waals surface area contributed by atoms with Gasteiger partial charge in [-0.2, -0.15) is 0 Å². The summed E-state index contributed by atoms with van der Waals surface area (Å²) in [4.78, 5) is 11.7. The van der Waals surface area contributed by atoms with Crippen molar-refractivity contribution in [2.75, 3.05) is 5.32 Å². The van der Waals surface area contributed by atoms with Crippen molar-refractivity contribution in [3.8, 4) is 0 Å². The summed E-state index contributed by atoms with van der Waals surface area (Å²) in [6.07, 6.45) is 0. The maximum absolute atomic E-state index is 13.2. The Balaban J connectivity index is 2.16. The number of hydrogen-bond donors (Lipinski definition) is 1. The van der Waals surface area contributed by atoms with Crippen LogP contribution in [0.25, 0.3) is 0 Å². The number of amides is 1. The maximum Gasteiger partial charge on any atom is 0.276 e. The monoisotopic (exact) mass is 329 g/mol. The van der Waals surface area contributed by atoms with E-state index < -0.39 is 11.7 Å². The molecule has 0 atom stereocenters. The summed E-state index contributed by atoms with van der Waals surface area (Å²) in [5.74, 6) is -0.948. The van der Waals surface area contributed by atoms with E-state index in [1.165, 1.54) is 24.3 Å². The van der Waals surface area contributed by atoms with E-state index in [0.717, 1.165) is 0 Å². The number of rotatable bonds is 2. The Labute approximate surface area is 115 Å². The second kappa shape index (κ2) is 5.41. The zero-order valence-corrected chi connectivity index (χ0v) is 11.2. The Bertz CT molecular complexity index is 591. The molecule has 7 heteroatoms. The summed E-state index contributed by atoms with van der Waals surface area (Å²) >= 11 is 8.58. The SMILES string of the molecule is O=C(Nc1ccc(Br)c(F)c1)c1ccc(Cl)nn1. The van der Waals surface area contributed by atoms with Gasteiger partial charge in [0.2, 0.25) is 0 Å². The lowest BCUT2D eigenvalue weighted by atomic mass is 10.3. The van der Waals surface area contributed by atoms with Crippen molar-refractivity contribution in [2.24, 2.45) is 0 Å². The lowest BCUT2D eigenvalue weighted by Gasteiger charge is -2.04. The van der Waals surface area contributed by atoms with E-state index in [0.29, 0.717) is 10.2 Å². The molecule has 0 aliphatic rings. The van der Waals surface area contributed by atoms with Crippen LogP contribution in [-0.4, -0.2) is 16.1 Å². The van der Waals surface area contributed by atoms with Crippen LogP contribution in [-0.2, 0) is 0 Å². The first-order valence-corrected chi connectivity index (χ1v) is 5.99. The molecule has 0 saturated heterocycles. The number of halogens is 3. The van der Waals surface area contributed by atoms with Crippen LogP contribution in [0.15, 0.2) is 34.8 Å². The molecule has 0 radical (unpaired) electrons. The molecule has 2 aromatic rings. The fraction of sp³-hybridized carbons (Fsp3) is 0. The van der Waals surface area contributed by atoms with Gasteiger partial charge in [-0.15, -0.1) is 10.2 Å². The number of hydrogen-bond acceptors (Lipinski definition) is 3. The van der Waals surface area contributed by atoms with Crippen LogP contribution in [0.4, 0.5) is 10.1 Å². The van der Waals surface area contributed by atoms with Crippen LogP contribution in [0.2, 0.25) is 5.15 Å². The van der Waals surface area contributed by atoms with Crippen LogP contribution in [0.3, 0.4) is 0 Å².